The maximum Gasteiger partial charge on any atom is 0.161 e. The monoisotopic (exact) mass is 309 g/mol. The standard InChI is InChI=1S/C18H23N5/c19-14-8-11-23(12-14)18-15-6-9-20-10-7-16(15)21-17(22-18)13-4-2-1-3-5-13/h1-5,14,20H,6-12,19H2/t14-/m0/s1. The number of hydrogen-bond acceptors (Lipinski definition) is 5. The fourth-order valence-corrected chi connectivity index (χ4v) is 3.48. The Morgan fingerprint density at radius 1 is 1.09 bits per heavy atom. The molecule has 120 valence electrons. The average molecular weight is 309 g/mol. The molecule has 1 fully saturated rings. The van der Waals surface area contributed by atoms with Crippen LogP contribution < -0.4 is 16.0 Å². The van der Waals surface area contributed by atoms with Gasteiger partial charge in [0.1, 0.15) is 5.82 Å². The van der Waals surface area contributed by atoms with Crippen molar-refractivity contribution >= 4 is 5.82 Å². The molecule has 2 aromatic rings. The second-order valence-corrected chi connectivity index (χ2v) is 6.41. The van der Waals surface area contributed by atoms with E-state index in [0.29, 0.717) is 0 Å². The van der Waals surface area contributed by atoms with Crippen molar-refractivity contribution < 1.29 is 0 Å². The van der Waals surface area contributed by atoms with Gasteiger partial charge in [0.2, 0.25) is 0 Å². The van der Waals surface area contributed by atoms with E-state index >= 15 is 0 Å². The summed E-state index contributed by atoms with van der Waals surface area (Å²) >= 11 is 0. The minimum Gasteiger partial charge on any atom is -0.355 e. The second kappa shape index (κ2) is 6.26. The quantitative estimate of drug-likeness (QED) is 0.877. The lowest BCUT2D eigenvalue weighted by Crippen LogP contribution is -2.28. The number of benzene rings is 1. The van der Waals surface area contributed by atoms with Gasteiger partial charge in [-0.2, -0.15) is 0 Å². The van der Waals surface area contributed by atoms with Gasteiger partial charge >= 0.3 is 0 Å². The van der Waals surface area contributed by atoms with Gasteiger partial charge in [-0.1, -0.05) is 30.3 Å². The zero-order valence-electron chi connectivity index (χ0n) is 13.3. The lowest BCUT2D eigenvalue weighted by atomic mass is 10.1. The van der Waals surface area contributed by atoms with Crippen LogP contribution in [0.3, 0.4) is 0 Å². The van der Waals surface area contributed by atoms with Crippen molar-refractivity contribution in [1.29, 1.82) is 0 Å². The topological polar surface area (TPSA) is 67.1 Å². The number of hydrogen-bond donors (Lipinski definition) is 2. The molecule has 0 radical (unpaired) electrons. The van der Waals surface area contributed by atoms with Crippen LogP contribution in [0.1, 0.15) is 17.7 Å². The number of nitrogens with two attached hydrogens (primary N) is 1. The van der Waals surface area contributed by atoms with E-state index < -0.39 is 0 Å². The first-order valence-corrected chi connectivity index (χ1v) is 8.48. The highest BCUT2D eigenvalue weighted by atomic mass is 15.2. The minimum atomic E-state index is 0.254. The van der Waals surface area contributed by atoms with E-state index in [1.807, 2.05) is 18.2 Å². The SMILES string of the molecule is N[C@H]1CCN(c2nc(-c3ccccc3)nc3c2CCNCC3)C1. The maximum atomic E-state index is 6.12. The van der Waals surface area contributed by atoms with Crippen molar-refractivity contribution in [3.8, 4) is 11.4 Å². The molecule has 23 heavy (non-hydrogen) atoms. The fourth-order valence-electron chi connectivity index (χ4n) is 3.48. The molecule has 0 bridgehead atoms. The van der Waals surface area contributed by atoms with Crippen molar-refractivity contribution in [3.05, 3.63) is 41.6 Å². The van der Waals surface area contributed by atoms with E-state index in [0.717, 1.165) is 62.6 Å². The van der Waals surface area contributed by atoms with Gasteiger partial charge in [0.05, 0.1) is 5.69 Å². The number of nitrogens with one attached hydrogen (secondary N) is 1. The number of fused-ring (bicyclic) bond motifs is 1. The van der Waals surface area contributed by atoms with Crippen LogP contribution in [0.15, 0.2) is 30.3 Å². The Hall–Kier alpha value is -1.98. The molecule has 1 aromatic heterocycles. The van der Waals surface area contributed by atoms with E-state index in [1.165, 1.54) is 11.3 Å². The molecule has 2 aliphatic rings. The normalized spacial score (nSPS) is 21.1. The predicted molar refractivity (Wildman–Crippen MR) is 92.6 cm³/mol. The van der Waals surface area contributed by atoms with Crippen LogP contribution >= 0.6 is 0 Å². The summed E-state index contributed by atoms with van der Waals surface area (Å²) in [5, 5.41) is 3.47. The van der Waals surface area contributed by atoms with Gasteiger partial charge in [0.25, 0.3) is 0 Å². The number of nitrogens with zero attached hydrogens (tertiary/aromatic N) is 3. The Balaban J connectivity index is 1.81. The molecule has 0 unspecified atom stereocenters. The van der Waals surface area contributed by atoms with Crippen LogP contribution in [0, 0.1) is 0 Å². The van der Waals surface area contributed by atoms with Crippen LogP contribution in [0.4, 0.5) is 5.82 Å². The lowest BCUT2D eigenvalue weighted by Gasteiger charge is -2.22. The predicted octanol–water partition coefficient (Wildman–Crippen LogP) is 1.37. The maximum absolute atomic E-state index is 6.12. The Bertz CT molecular complexity index is 685. The van der Waals surface area contributed by atoms with Crippen molar-refractivity contribution in [2.24, 2.45) is 5.73 Å². The van der Waals surface area contributed by atoms with E-state index in [-0.39, 0.29) is 6.04 Å². The van der Waals surface area contributed by atoms with Gasteiger partial charge in [-0.25, -0.2) is 9.97 Å². The summed E-state index contributed by atoms with van der Waals surface area (Å²) in [5.41, 5.74) is 9.70. The molecular weight excluding hydrogens is 286 g/mol. The van der Waals surface area contributed by atoms with Gasteiger partial charge in [0.15, 0.2) is 5.82 Å². The molecule has 5 nitrogen and oxygen atoms in total. The van der Waals surface area contributed by atoms with Crippen LogP contribution in [0.2, 0.25) is 0 Å². The van der Waals surface area contributed by atoms with E-state index in [9.17, 15) is 0 Å². The Labute approximate surface area is 136 Å². The first-order valence-electron chi connectivity index (χ1n) is 8.48. The van der Waals surface area contributed by atoms with Gasteiger partial charge in [-0.3, -0.25) is 0 Å². The van der Waals surface area contributed by atoms with Gasteiger partial charge in [-0.05, 0) is 19.4 Å². The summed E-state index contributed by atoms with van der Waals surface area (Å²) in [5.74, 6) is 1.94. The zero-order valence-corrected chi connectivity index (χ0v) is 13.3. The summed E-state index contributed by atoms with van der Waals surface area (Å²) in [7, 11) is 0. The molecule has 0 saturated carbocycles. The first kappa shape index (κ1) is 14.6. The molecule has 2 aliphatic heterocycles. The first-order chi connectivity index (χ1) is 11.3. The van der Waals surface area contributed by atoms with Crippen LogP contribution in [-0.2, 0) is 12.8 Å². The summed E-state index contributed by atoms with van der Waals surface area (Å²) < 4.78 is 0. The van der Waals surface area contributed by atoms with E-state index in [4.69, 9.17) is 15.7 Å². The highest BCUT2D eigenvalue weighted by Crippen LogP contribution is 2.29. The average Bonchev–Trinajstić information content (AvgIpc) is 2.88. The van der Waals surface area contributed by atoms with Crippen LogP contribution in [0.5, 0.6) is 0 Å². The molecule has 3 N–H and O–H groups in total. The minimum absolute atomic E-state index is 0.254. The molecule has 4 rings (SSSR count). The molecule has 3 heterocycles. The highest BCUT2D eigenvalue weighted by Gasteiger charge is 2.26. The van der Waals surface area contributed by atoms with Crippen molar-refractivity contribution in [2.75, 3.05) is 31.1 Å². The van der Waals surface area contributed by atoms with Crippen molar-refractivity contribution in [1.82, 2.24) is 15.3 Å². The fraction of sp³-hybridized carbons (Fsp3) is 0.444. The molecule has 1 atom stereocenters. The van der Waals surface area contributed by atoms with Crippen molar-refractivity contribution in [2.45, 2.75) is 25.3 Å². The molecule has 1 saturated heterocycles. The van der Waals surface area contributed by atoms with Crippen LogP contribution in [0.25, 0.3) is 11.4 Å². The third-order valence-electron chi connectivity index (χ3n) is 4.72. The molecular formula is C18H23N5. The highest BCUT2D eigenvalue weighted by molar-refractivity contribution is 5.61. The Morgan fingerprint density at radius 3 is 2.70 bits per heavy atom. The van der Waals surface area contributed by atoms with Gasteiger partial charge < -0.3 is 16.0 Å². The largest absolute Gasteiger partial charge is 0.355 e. The summed E-state index contributed by atoms with van der Waals surface area (Å²) in [6.07, 6.45) is 2.99. The number of anilines is 1. The van der Waals surface area contributed by atoms with Gasteiger partial charge in [0, 0.05) is 43.2 Å². The van der Waals surface area contributed by atoms with Crippen LogP contribution in [-0.4, -0.2) is 42.2 Å². The zero-order chi connectivity index (χ0) is 15.6. The van der Waals surface area contributed by atoms with E-state index in [2.05, 4.69) is 22.3 Å². The lowest BCUT2D eigenvalue weighted by molar-refractivity contribution is 0.708. The molecule has 5 heteroatoms. The molecule has 0 amide bonds. The summed E-state index contributed by atoms with van der Waals surface area (Å²) in [6, 6.07) is 10.5. The third kappa shape index (κ3) is 2.94. The Kier molecular flexibility index (Phi) is 3.97. The third-order valence-corrected chi connectivity index (χ3v) is 4.72. The van der Waals surface area contributed by atoms with Crippen molar-refractivity contribution in [3.63, 3.8) is 0 Å². The van der Waals surface area contributed by atoms with E-state index in [1.54, 1.807) is 0 Å². The summed E-state index contributed by atoms with van der Waals surface area (Å²) in [6.45, 7) is 3.86. The second-order valence-electron chi connectivity index (χ2n) is 6.41. The smallest absolute Gasteiger partial charge is 0.161 e. The Morgan fingerprint density at radius 2 is 1.91 bits per heavy atom. The molecule has 1 aromatic carbocycles. The molecule has 0 spiro atoms. The molecule has 0 aliphatic carbocycles. The number of rotatable bonds is 2. The summed E-state index contributed by atoms with van der Waals surface area (Å²) in [4.78, 5) is 12.2. The number of aromatic nitrogens is 2. The van der Waals surface area contributed by atoms with Gasteiger partial charge in [-0.15, -0.1) is 0 Å².